The van der Waals surface area contributed by atoms with Crippen LogP contribution >= 0.6 is 0 Å². The molecule has 1 saturated carbocycles. The summed E-state index contributed by atoms with van der Waals surface area (Å²) in [7, 11) is 1.88. The van der Waals surface area contributed by atoms with E-state index in [2.05, 4.69) is 12.2 Å². The summed E-state index contributed by atoms with van der Waals surface area (Å²) < 4.78 is 0. The van der Waals surface area contributed by atoms with Crippen molar-refractivity contribution in [3.8, 4) is 0 Å². The molecule has 1 fully saturated rings. The SMILES string of the molecule is CC(C)N(C)C(=O)CN[C@H](C)C1CCCCCC1. The van der Waals surface area contributed by atoms with Crippen molar-refractivity contribution in [1.82, 2.24) is 10.2 Å². The summed E-state index contributed by atoms with van der Waals surface area (Å²) in [6.45, 7) is 6.81. The maximum absolute atomic E-state index is 11.9. The molecule has 1 rings (SSSR count). The van der Waals surface area contributed by atoms with Gasteiger partial charge in [-0.25, -0.2) is 0 Å². The molecule has 1 aliphatic rings. The lowest BCUT2D eigenvalue weighted by Crippen LogP contribution is -2.43. The second kappa shape index (κ2) is 7.78. The van der Waals surface area contributed by atoms with Crippen molar-refractivity contribution in [3.63, 3.8) is 0 Å². The van der Waals surface area contributed by atoms with Gasteiger partial charge in [0.1, 0.15) is 0 Å². The van der Waals surface area contributed by atoms with Gasteiger partial charge in [-0.1, -0.05) is 25.7 Å². The quantitative estimate of drug-likeness (QED) is 0.765. The van der Waals surface area contributed by atoms with Crippen molar-refractivity contribution in [2.24, 2.45) is 5.92 Å². The zero-order valence-corrected chi connectivity index (χ0v) is 12.5. The summed E-state index contributed by atoms with van der Waals surface area (Å²) in [6.07, 6.45) is 8.13. The topological polar surface area (TPSA) is 32.3 Å². The van der Waals surface area contributed by atoms with Crippen LogP contribution in [-0.4, -0.2) is 36.5 Å². The molecule has 1 atom stereocenters. The molecule has 0 saturated heterocycles. The highest BCUT2D eigenvalue weighted by Gasteiger charge is 2.20. The maximum atomic E-state index is 11.9. The zero-order chi connectivity index (χ0) is 13.5. The number of rotatable bonds is 5. The Morgan fingerprint density at radius 2 is 1.72 bits per heavy atom. The van der Waals surface area contributed by atoms with Gasteiger partial charge >= 0.3 is 0 Å². The largest absolute Gasteiger partial charge is 0.342 e. The first-order valence-electron chi connectivity index (χ1n) is 7.51. The molecular formula is C15H30N2O. The monoisotopic (exact) mass is 254 g/mol. The average Bonchev–Trinajstić information content (AvgIpc) is 2.63. The number of hydrogen-bond donors (Lipinski definition) is 1. The van der Waals surface area contributed by atoms with Crippen molar-refractivity contribution >= 4 is 5.91 Å². The van der Waals surface area contributed by atoms with Crippen LogP contribution < -0.4 is 5.32 Å². The highest BCUT2D eigenvalue weighted by Crippen LogP contribution is 2.25. The second-order valence-corrected chi connectivity index (χ2v) is 6.02. The lowest BCUT2D eigenvalue weighted by Gasteiger charge is -2.26. The fraction of sp³-hybridized carbons (Fsp3) is 0.933. The second-order valence-electron chi connectivity index (χ2n) is 6.02. The van der Waals surface area contributed by atoms with Crippen molar-refractivity contribution < 1.29 is 4.79 Å². The van der Waals surface area contributed by atoms with Crippen LogP contribution in [0.3, 0.4) is 0 Å². The van der Waals surface area contributed by atoms with E-state index in [-0.39, 0.29) is 11.9 Å². The van der Waals surface area contributed by atoms with Gasteiger partial charge in [-0.2, -0.15) is 0 Å². The van der Waals surface area contributed by atoms with E-state index in [0.717, 1.165) is 5.92 Å². The van der Waals surface area contributed by atoms with Gasteiger partial charge in [0.25, 0.3) is 0 Å². The molecule has 0 radical (unpaired) electrons. The molecular weight excluding hydrogens is 224 g/mol. The minimum absolute atomic E-state index is 0.200. The maximum Gasteiger partial charge on any atom is 0.236 e. The van der Waals surface area contributed by atoms with Gasteiger partial charge in [-0.15, -0.1) is 0 Å². The van der Waals surface area contributed by atoms with Gasteiger partial charge in [0.2, 0.25) is 5.91 Å². The van der Waals surface area contributed by atoms with Crippen LogP contribution in [0.15, 0.2) is 0 Å². The summed E-state index contributed by atoms with van der Waals surface area (Å²) in [5.41, 5.74) is 0. The molecule has 0 spiro atoms. The van der Waals surface area contributed by atoms with E-state index in [0.29, 0.717) is 12.6 Å². The zero-order valence-electron chi connectivity index (χ0n) is 12.5. The molecule has 3 heteroatoms. The highest BCUT2D eigenvalue weighted by molar-refractivity contribution is 5.78. The number of amides is 1. The van der Waals surface area contributed by atoms with Gasteiger partial charge in [0.15, 0.2) is 0 Å². The Morgan fingerprint density at radius 1 is 1.17 bits per heavy atom. The Balaban J connectivity index is 2.31. The van der Waals surface area contributed by atoms with Gasteiger partial charge < -0.3 is 10.2 Å². The Hall–Kier alpha value is -0.570. The molecule has 0 bridgehead atoms. The third-order valence-electron chi connectivity index (χ3n) is 4.35. The van der Waals surface area contributed by atoms with Crippen molar-refractivity contribution in [3.05, 3.63) is 0 Å². The van der Waals surface area contributed by atoms with Gasteiger partial charge in [-0.3, -0.25) is 4.79 Å². The lowest BCUT2D eigenvalue weighted by atomic mass is 9.93. The average molecular weight is 254 g/mol. The van der Waals surface area contributed by atoms with Crippen LogP contribution in [0.25, 0.3) is 0 Å². The van der Waals surface area contributed by atoms with E-state index >= 15 is 0 Å². The molecule has 1 aliphatic carbocycles. The first kappa shape index (κ1) is 15.5. The third-order valence-corrected chi connectivity index (χ3v) is 4.35. The van der Waals surface area contributed by atoms with Crippen LogP contribution in [0.1, 0.15) is 59.3 Å². The Kier molecular flexibility index (Phi) is 6.69. The van der Waals surface area contributed by atoms with Crippen molar-refractivity contribution in [1.29, 1.82) is 0 Å². The molecule has 3 nitrogen and oxygen atoms in total. The van der Waals surface area contributed by atoms with E-state index in [1.807, 2.05) is 25.8 Å². The molecule has 0 aromatic carbocycles. The van der Waals surface area contributed by atoms with E-state index in [1.165, 1.54) is 38.5 Å². The summed E-state index contributed by atoms with van der Waals surface area (Å²) in [5, 5.41) is 3.42. The van der Waals surface area contributed by atoms with E-state index in [9.17, 15) is 4.79 Å². The number of likely N-dealkylation sites (N-methyl/N-ethyl adjacent to an activating group) is 1. The Labute approximate surface area is 112 Å². The number of carbonyl (C=O) groups excluding carboxylic acids is 1. The molecule has 106 valence electrons. The van der Waals surface area contributed by atoms with Crippen molar-refractivity contribution in [2.75, 3.05) is 13.6 Å². The van der Waals surface area contributed by atoms with Crippen LogP contribution in [0, 0.1) is 5.92 Å². The minimum Gasteiger partial charge on any atom is -0.342 e. The van der Waals surface area contributed by atoms with Crippen LogP contribution in [-0.2, 0) is 4.79 Å². The van der Waals surface area contributed by atoms with E-state index < -0.39 is 0 Å². The standard InChI is InChI=1S/C15H30N2O/c1-12(2)17(4)15(18)11-16-13(3)14-9-7-5-6-8-10-14/h12-14,16H,5-11H2,1-4H3/t13-/m1/s1. The first-order valence-corrected chi connectivity index (χ1v) is 7.51. The molecule has 0 aromatic heterocycles. The molecule has 0 heterocycles. The molecule has 1 amide bonds. The predicted molar refractivity (Wildman–Crippen MR) is 76.6 cm³/mol. The van der Waals surface area contributed by atoms with Crippen LogP contribution in [0.2, 0.25) is 0 Å². The molecule has 0 aliphatic heterocycles. The van der Waals surface area contributed by atoms with Crippen LogP contribution in [0.4, 0.5) is 0 Å². The normalized spacial score (nSPS) is 19.6. The van der Waals surface area contributed by atoms with Gasteiger partial charge in [0, 0.05) is 19.1 Å². The Morgan fingerprint density at radius 3 is 2.22 bits per heavy atom. The fourth-order valence-corrected chi connectivity index (χ4v) is 2.64. The van der Waals surface area contributed by atoms with Gasteiger partial charge in [-0.05, 0) is 39.5 Å². The molecule has 1 N–H and O–H groups in total. The minimum atomic E-state index is 0.200. The summed E-state index contributed by atoms with van der Waals surface area (Å²) in [5.74, 6) is 0.954. The fourth-order valence-electron chi connectivity index (χ4n) is 2.64. The summed E-state index contributed by atoms with van der Waals surface area (Å²) in [6, 6.07) is 0.750. The number of carbonyl (C=O) groups is 1. The molecule has 0 aromatic rings. The van der Waals surface area contributed by atoms with Gasteiger partial charge in [0.05, 0.1) is 6.54 Å². The highest BCUT2D eigenvalue weighted by atomic mass is 16.2. The summed E-state index contributed by atoms with van der Waals surface area (Å²) >= 11 is 0. The number of nitrogens with one attached hydrogen (secondary N) is 1. The third kappa shape index (κ3) is 4.97. The van der Waals surface area contributed by atoms with Crippen molar-refractivity contribution in [2.45, 2.75) is 71.4 Å². The number of nitrogens with zero attached hydrogens (tertiary/aromatic N) is 1. The lowest BCUT2D eigenvalue weighted by molar-refractivity contribution is -0.130. The molecule has 18 heavy (non-hydrogen) atoms. The molecule has 0 unspecified atom stereocenters. The smallest absolute Gasteiger partial charge is 0.236 e. The number of hydrogen-bond acceptors (Lipinski definition) is 2. The Bertz CT molecular complexity index is 245. The van der Waals surface area contributed by atoms with E-state index in [4.69, 9.17) is 0 Å². The first-order chi connectivity index (χ1) is 8.52. The van der Waals surface area contributed by atoms with Crippen LogP contribution in [0.5, 0.6) is 0 Å². The summed E-state index contributed by atoms with van der Waals surface area (Å²) in [4.78, 5) is 13.7. The van der Waals surface area contributed by atoms with E-state index in [1.54, 1.807) is 0 Å². The predicted octanol–water partition coefficient (Wildman–Crippen LogP) is 2.80.